The first kappa shape index (κ1) is 27.3. The predicted octanol–water partition coefficient (Wildman–Crippen LogP) is 1.93. The van der Waals surface area contributed by atoms with Crippen molar-refractivity contribution >= 4 is 41.8 Å². The van der Waals surface area contributed by atoms with Gasteiger partial charge in [0.2, 0.25) is 5.88 Å². The molecule has 194 valence electrons. The fraction of sp³-hybridized carbons (Fsp3) is 0.200. The van der Waals surface area contributed by atoms with Gasteiger partial charge in [0.1, 0.15) is 5.25 Å². The van der Waals surface area contributed by atoms with E-state index >= 15 is 0 Å². The van der Waals surface area contributed by atoms with Gasteiger partial charge < -0.3 is 10.1 Å². The van der Waals surface area contributed by atoms with Crippen molar-refractivity contribution in [1.29, 1.82) is 0 Å². The summed E-state index contributed by atoms with van der Waals surface area (Å²) in [4.78, 5) is -0.200. The fourth-order valence-corrected chi connectivity index (χ4v) is 5.92. The number of methoxy groups -OCH3 is 1. The Balaban J connectivity index is 1.81. The van der Waals surface area contributed by atoms with E-state index in [2.05, 4.69) is 20.2 Å². The highest BCUT2D eigenvalue weighted by Gasteiger charge is 2.34. The zero-order chi connectivity index (χ0) is 26.6. The molecule has 0 spiro atoms. The Bertz CT molecular complexity index is 1500. The highest BCUT2D eigenvalue weighted by Crippen LogP contribution is 2.29. The van der Waals surface area contributed by atoms with E-state index in [1.54, 1.807) is 6.07 Å². The number of ether oxygens (including phenoxy) is 1. The molecule has 1 aromatic heterocycles. The SMILES string of the molecule is COc1ccc(NS(=O)(=O)c2ccc(NC(CC(c3ccccc3)S(=O)(=O)O)S(=O)(=O)O)cc2)nn1. The van der Waals surface area contributed by atoms with Gasteiger partial charge in [-0.05, 0) is 35.9 Å². The predicted molar refractivity (Wildman–Crippen MR) is 130 cm³/mol. The number of aromatic nitrogens is 2. The van der Waals surface area contributed by atoms with Crippen molar-refractivity contribution in [2.75, 3.05) is 17.1 Å². The van der Waals surface area contributed by atoms with E-state index in [1.165, 1.54) is 55.6 Å². The topological polar surface area (TPSA) is 202 Å². The van der Waals surface area contributed by atoms with Crippen LogP contribution in [0.15, 0.2) is 71.6 Å². The molecule has 1 heterocycles. The summed E-state index contributed by atoms with van der Waals surface area (Å²) < 4.78 is 99.5. The van der Waals surface area contributed by atoms with Crippen LogP contribution in [-0.4, -0.2) is 57.0 Å². The molecule has 0 saturated heterocycles. The van der Waals surface area contributed by atoms with Gasteiger partial charge in [-0.3, -0.25) is 13.8 Å². The molecule has 0 radical (unpaired) electrons. The standard InChI is InChI=1S/C20H22N4O9S3/c1-33-19-12-11-18(22-23-19)24-34(25,26)16-9-7-15(8-10-16)21-20(36(30,31)32)13-17(35(27,28)29)14-5-3-2-4-6-14/h2-12,17,20-21H,13H2,1H3,(H,22,24)(H,27,28,29)(H,30,31,32). The molecule has 2 unspecified atom stereocenters. The van der Waals surface area contributed by atoms with Crippen molar-refractivity contribution in [3.8, 4) is 5.88 Å². The van der Waals surface area contributed by atoms with Crippen LogP contribution < -0.4 is 14.8 Å². The Morgan fingerprint density at radius 2 is 1.47 bits per heavy atom. The number of nitrogens with zero attached hydrogens (tertiary/aromatic N) is 2. The van der Waals surface area contributed by atoms with E-state index in [-0.39, 0.29) is 27.8 Å². The Morgan fingerprint density at radius 1 is 0.833 bits per heavy atom. The summed E-state index contributed by atoms with van der Waals surface area (Å²) in [7, 11) is -12.3. The Kier molecular flexibility index (Phi) is 8.15. The van der Waals surface area contributed by atoms with Crippen LogP contribution in [-0.2, 0) is 30.3 Å². The van der Waals surface area contributed by atoms with Gasteiger partial charge >= 0.3 is 0 Å². The number of anilines is 2. The minimum absolute atomic E-state index is 0.0583. The third-order valence-corrected chi connectivity index (χ3v) is 8.48. The van der Waals surface area contributed by atoms with Gasteiger partial charge in [-0.1, -0.05) is 30.3 Å². The Morgan fingerprint density at radius 3 is 1.97 bits per heavy atom. The molecule has 3 rings (SSSR count). The quantitative estimate of drug-likeness (QED) is 0.249. The summed E-state index contributed by atoms with van der Waals surface area (Å²) in [5, 5.41) is 6.29. The largest absolute Gasteiger partial charge is 0.480 e. The van der Waals surface area contributed by atoms with E-state index in [0.717, 1.165) is 12.1 Å². The van der Waals surface area contributed by atoms with Crippen LogP contribution in [0.4, 0.5) is 11.5 Å². The van der Waals surface area contributed by atoms with E-state index in [4.69, 9.17) is 4.74 Å². The molecule has 0 saturated carbocycles. The molecule has 0 aliphatic heterocycles. The monoisotopic (exact) mass is 558 g/mol. The molecule has 13 nitrogen and oxygen atoms in total. The Hall–Kier alpha value is -3.31. The average molecular weight is 559 g/mol. The van der Waals surface area contributed by atoms with Crippen molar-refractivity contribution in [1.82, 2.24) is 10.2 Å². The molecule has 3 aromatic rings. The number of hydrogen-bond acceptors (Lipinski definition) is 10. The lowest BCUT2D eigenvalue weighted by Crippen LogP contribution is -2.32. The van der Waals surface area contributed by atoms with Gasteiger partial charge in [-0.25, -0.2) is 8.42 Å². The first-order valence-corrected chi connectivity index (χ1v) is 14.5. The van der Waals surface area contributed by atoms with Crippen LogP contribution in [0.5, 0.6) is 5.88 Å². The van der Waals surface area contributed by atoms with E-state index in [1.807, 2.05) is 0 Å². The maximum Gasteiger partial charge on any atom is 0.286 e. The molecule has 0 aliphatic carbocycles. The first-order chi connectivity index (χ1) is 16.8. The van der Waals surface area contributed by atoms with Crippen LogP contribution in [0.2, 0.25) is 0 Å². The Labute approximate surface area is 208 Å². The van der Waals surface area contributed by atoms with Crippen LogP contribution in [0.3, 0.4) is 0 Å². The summed E-state index contributed by atoms with van der Waals surface area (Å²) >= 11 is 0. The molecule has 0 bridgehead atoms. The highest BCUT2D eigenvalue weighted by molar-refractivity contribution is 7.92. The molecule has 4 N–H and O–H groups in total. The average Bonchev–Trinajstić information content (AvgIpc) is 2.81. The molecule has 0 amide bonds. The van der Waals surface area contributed by atoms with Crippen molar-refractivity contribution in [3.05, 3.63) is 72.3 Å². The number of rotatable bonds is 11. The summed E-state index contributed by atoms with van der Waals surface area (Å²) in [5.41, 5.74) is 0.174. The van der Waals surface area contributed by atoms with Crippen LogP contribution in [0.25, 0.3) is 0 Å². The maximum atomic E-state index is 12.6. The molecular formula is C20H22N4O9S3. The second kappa shape index (κ2) is 10.8. The summed E-state index contributed by atoms with van der Waals surface area (Å²) in [6.07, 6.45) is -0.737. The second-order valence-corrected chi connectivity index (χ2v) is 12.3. The van der Waals surface area contributed by atoms with E-state index < -0.39 is 47.3 Å². The molecule has 2 atom stereocenters. The zero-order valence-corrected chi connectivity index (χ0v) is 21.0. The van der Waals surface area contributed by atoms with Crippen LogP contribution in [0.1, 0.15) is 17.2 Å². The van der Waals surface area contributed by atoms with Crippen LogP contribution >= 0.6 is 0 Å². The minimum atomic E-state index is -4.85. The van der Waals surface area contributed by atoms with Gasteiger partial charge in [0.05, 0.1) is 12.0 Å². The first-order valence-electron chi connectivity index (χ1n) is 10.0. The molecule has 2 aromatic carbocycles. The normalized spacial score (nSPS) is 14.0. The van der Waals surface area contributed by atoms with Gasteiger partial charge in [-0.15, -0.1) is 10.2 Å². The third-order valence-electron chi connectivity index (χ3n) is 4.90. The summed E-state index contributed by atoms with van der Waals surface area (Å²) in [6, 6.07) is 14.9. The number of hydrogen-bond donors (Lipinski definition) is 4. The van der Waals surface area contributed by atoms with Gasteiger partial charge in [0.25, 0.3) is 30.3 Å². The van der Waals surface area contributed by atoms with E-state index in [0.29, 0.717) is 0 Å². The van der Waals surface area contributed by atoms with Gasteiger partial charge in [0, 0.05) is 18.2 Å². The minimum Gasteiger partial charge on any atom is -0.480 e. The van der Waals surface area contributed by atoms with Crippen molar-refractivity contribution in [2.24, 2.45) is 0 Å². The summed E-state index contributed by atoms with van der Waals surface area (Å²) in [5.74, 6) is 0.117. The zero-order valence-electron chi connectivity index (χ0n) is 18.6. The summed E-state index contributed by atoms with van der Waals surface area (Å²) in [6.45, 7) is 0. The molecule has 16 heteroatoms. The third kappa shape index (κ3) is 7.11. The molecule has 0 aliphatic rings. The van der Waals surface area contributed by atoms with Crippen molar-refractivity contribution in [3.63, 3.8) is 0 Å². The molecular weight excluding hydrogens is 536 g/mol. The number of benzene rings is 2. The lowest BCUT2D eigenvalue weighted by Gasteiger charge is -2.22. The highest BCUT2D eigenvalue weighted by atomic mass is 32.2. The van der Waals surface area contributed by atoms with Crippen molar-refractivity contribution in [2.45, 2.75) is 21.9 Å². The van der Waals surface area contributed by atoms with Gasteiger partial charge in [-0.2, -0.15) is 16.8 Å². The maximum absolute atomic E-state index is 12.6. The lowest BCUT2D eigenvalue weighted by atomic mass is 10.1. The second-order valence-electron chi connectivity index (χ2n) is 7.39. The molecule has 36 heavy (non-hydrogen) atoms. The molecule has 0 fully saturated rings. The van der Waals surface area contributed by atoms with Crippen molar-refractivity contribution < 1.29 is 39.1 Å². The fourth-order valence-electron chi connectivity index (χ4n) is 3.14. The van der Waals surface area contributed by atoms with Gasteiger partial charge in [0.15, 0.2) is 11.2 Å². The van der Waals surface area contributed by atoms with Crippen LogP contribution in [0, 0.1) is 0 Å². The lowest BCUT2D eigenvalue weighted by molar-refractivity contribution is 0.392. The number of sulfonamides is 1. The smallest absolute Gasteiger partial charge is 0.286 e. The van der Waals surface area contributed by atoms with E-state index in [9.17, 15) is 34.4 Å². The number of nitrogens with one attached hydrogen (secondary N) is 2.